The molecule has 0 N–H and O–H groups in total. The average Bonchev–Trinajstić information content (AvgIpc) is 3.21. The van der Waals surface area contributed by atoms with E-state index in [9.17, 15) is 9.59 Å². The number of piperidine rings is 1. The normalized spacial score (nSPS) is 24.7. The highest BCUT2D eigenvalue weighted by molar-refractivity contribution is 6.03. The van der Waals surface area contributed by atoms with Crippen molar-refractivity contribution in [3.8, 4) is 0 Å². The van der Waals surface area contributed by atoms with Gasteiger partial charge in [0.15, 0.2) is 5.78 Å². The van der Waals surface area contributed by atoms with Gasteiger partial charge in [0, 0.05) is 17.9 Å². The molecule has 154 valence electrons. The topological polar surface area (TPSA) is 55.8 Å². The molecule has 0 saturated carbocycles. The minimum Gasteiger partial charge on any atom is -0.445 e. The Kier molecular flexibility index (Phi) is 5.13. The molecule has 30 heavy (non-hydrogen) atoms. The van der Waals surface area contributed by atoms with Crippen LogP contribution in [-0.2, 0) is 27.3 Å². The molecule has 2 aromatic rings. The quantitative estimate of drug-likeness (QED) is 0.774. The Balaban J connectivity index is 1.25. The van der Waals surface area contributed by atoms with E-state index in [4.69, 9.17) is 9.47 Å². The Hall–Kier alpha value is -2.92. The van der Waals surface area contributed by atoms with Gasteiger partial charge in [-0.3, -0.25) is 9.69 Å². The summed E-state index contributed by atoms with van der Waals surface area (Å²) in [4.78, 5) is 27.9. The second-order valence-corrected chi connectivity index (χ2v) is 8.37. The summed E-state index contributed by atoms with van der Waals surface area (Å²) in [5.41, 5.74) is 4.21. The molecule has 0 radical (unpaired) electrons. The van der Waals surface area contributed by atoms with Crippen molar-refractivity contribution in [2.45, 2.75) is 38.0 Å². The van der Waals surface area contributed by atoms with Crippen LogP contribution in [0.4, 0.5) is 4.79 Å². The van der Waals surface area contributed by atoms with Crippen LogP contribution in [0.5, 0.6) is 0 Å². The SMILES string of the molecule is O=C(C1=Cc2ccccc2C1)C1CC2COCC(C1)N2C(=O)OCc1ccccc1. The summed E-state index contributed by atoms with van der Waals surface area (Å²) in [6.45, 7) is 1.17. The van der Waals surface area contributed by atoms with Gasteiger partial charge < -0.3 is 9.47 Å². The van der Waals surface area contributed by atoms with Gasteiger partial charge in [-0.05, 0) is 35.6 Å². The fourth-order valence-electron chi connectivity index (χ4n) is 4.92. The number of amides is 1. The Bertz CT molecular complexity index is 970. The Morgan fingerprint density at radius 3 is 2.40 bits per heavy atom. The molecular formula is C25H25NO4. The van der Waals surface area contributed by atoms with Crippen LogP contribution >= 0.6 is 0 Å². The molecule has 2 atom stereocenters. The zero-order valence-electron chi connectivity index (χ0n) is 16.8. The summed E-state index contributed by atoms with van der Waals surface area (Å²) in [6, 6.07) is 17.6. The van der Waals surface area contributed by atoms with E-state index in [2.05, 4.69) is 12.1 Å². The summed E-state index contributed by atoms with van der Waals surface area (Å²) in [7, 11) is 0. The third-order valence-corrected chi connectivity index (χ3v) is 6.39. The first-order valence-corrected chi connectivity index (χ1v) is 10.6. The number of rotatable bonds is 4. The molecule has 2 bridgehead atoms. The number of carbonyl (C=O) groups excluding carboxylic acids is 2. The van der Waals surface area contributed by atoms with Gasteiger partial charge in [0.1, 0.15) is 6.61 Å². The van der Waals surface area contributed by atoms with Crippen LogP contribution in [0.1, 0.15) is 29.5 Å². The van der Waals surface area contributed by atoms with E-state index >= 15 is 0 Å². The third kappa shape index (κ3) is 3.65. The molecule has 0 spiro atoms. The van der Waals surface area contributed by atoms with Crippen molar-refractivity contribution in [1.29, 1.82) is 0 Å². The lowest BCUT2D eigenvalue weighted by Crippen LogP contribution is -2.60. The molecule has 2 unspecified atom stereocenters. The van der Waals surface area contributed by atoms with Gasteiger partial charge in [0.2, 0.25) is 0 Å². The third-order valence-electron chi connectivity index (χ3n) is 6.39. The molecule has 2 saturated heterocycles. The second-order valence-electron chi connectivity index (χ2n) is 8.37. The van der Waals surface area contributed by atoms with Gasteiger partial charge in [-0.2, -0.15) is 0 Å². The number of allylic oxidation sites excluding steroid dienone is 1. The molecule has 5 heteroatoms. The summed E-state index contributed by atoms with van der Waals surface area (Å²) in [5, 5.41) is 0. The van der Waals surface area contributed by atoms with E-state index in [1.165, 1.54) is 5.56 Å². The van der Waals surface area contributed by atoms with Crippen LogP contribution in [0.2, 0.25) is 0 Å². The number of ketones is 1. The van der Waals surface area contributed by atoms with Crippen molar-refractivity contribution >= 4 is 18.0 Å². The average molecular weight is 403 g/mol. The highest BCUT2D eigenvalue weighted by Gasteiger charge is 2.45. The Morgan fingerprint density at radius 2 is 1.67 bits per heavy atom. The van der Waals surface area contributed by atoms with E-state index in [-0.39, 0.29) is 36.5 Å². The number of carbonyl (C=O) groups is 2. The summed E-state index contributed by atoms with van der Waals surface area (Å²) < 4.78 is 11.3. The van der Waals surface area contributed by atoms with Crippen molar-refractivity contribution in [2.24, 2.45) is 5.92 Å². The first kappa shape index (κ1) is 19.1. The lowest BCUT2D eigenvalue weighted by molar-refractivity contribution is -0.127. The fourth-order valence-corrected chi connectivity index (χ4v) is 4.92. The van der Waals surface area contributed by atoms with E-state index in [1.807, 2.05) is 53.4 Å². The fraction of sp³-hybridized carbons (Fsp3) is 0.360. The van der Waals surface area contributed by atoms with E-state index in [1.54, 1.807) is 0 Å². The molecule has 1 amide bonds. The van der Waals surface area contributed by atoms with Crippen LogP contribution < -0.4 is 0 Å². The monoisotopic (exact) mass is 403 g/mol. The number of hydrogen-bond acceptors (Lipinski definition) is 4. The van der Waals surface area contributed by atoms with Gasteiger partial charge in [-0.25, -0.2) is 4.79 Å². The maximum absolute atomic E-state index is 13.2. The molecule has 0 aromatic heterocycles. The second kappa shape index (κ2) is 8.07. The molecule has 2 fully saturated rings. The van der Waals surface area contributed by atoms with Crippen molar-refractivity contribution < 1.29 is 19.1 Å². The van der Waals surface area contributed by atoms with Crippen LogP contribution in [0.15, 0.2) is 60.2 Å². The molecule has 5 nitrogen and oxygen atoms in total. The number of nitrogens with zero attached hydrogens (tertiary/aromatic N) is 1. The van der Waals surface area contributed by atoms with E-state index in [0.717, 1.165) is 16.7 Å². The van der Waals surface area contributed by atoms with Crippen molar-refractivity contribution in [3.05, 3.63) is 76.9 Å². The smallest absolute Gasteiger partial charge is 0.410 e. The van der Waals surface area contributed by atoms with Gasteiger partial charge in [-0.1, -0.05) is 54.6 Å². The van der Waals surface area contributed by atoms with Crippen LogP contribution in [0, 0.1) is 5.92 Å². The van der Waals surface area contributed by atoms with Crippen LogP contribution in [-0.4, -0.2) is 42.1 Å². The summed E-state index contributed by atoms with van der Waals surface area (Å²) >= 11 is 0. The number of ether oxygens (including phenoxy) is 2. The van der Waals surface area contributed by atoms with E-state index < -0.39 is 0 Å². The Morgan fingerprint density at radius 1 is 0.967 bits per heavy atom. The minimum atomic E-state index is -0.310. The van der Waals surface area contributed by atoms with Gasteiger partial charge in [0.05, 0.1) is 25.3 Å². The first-order valence-electron chi connectivity index (χ1n) is 10.6. The summed E-state index contributed by atoms with van der Waals surface area (Å²) in [5.74, 6) is 0.156. The van der Waals surface area contributed by atoms with Crippen molar-refractivity contribution in [1.82, 2.24) is 4.90 Å². The lowest BCUT2D eigenvalue weighted by atomic mass is 9.80. The first-order chi connectivity index (χ1) is 14.7. The van der Waals surface area contributed by atoms with Gasteiger partial charge in [0.25, 0.3) is 0 Å². The molecular weight excluding hydrogens is 378 g/mol. The number of benzene rings is 2. The van der Waals surface area contributed by atoms with Gasteiger partial charge >= 0.3 is 6.09 Å². The lowest BCUT2D eigenvalue weighted by Gasteiger charge is -2.47. The van der Waals surface area contributed by atoms with Crippen LogP contribution in [0.25, 0.3) is 6.08 Å². The summed E-state index contributed by atoms with van der Waals surface area (Å²) in [6.07, 6.45) is 3.69. The van der Waals surface area contributed by atoms with Crippen molar-refractivity contribution in [2.75, 3.05) is 13.2 Å². The molecule has 1 aliphatic carbocycles. The Labute approximate surface area is 176 Å². The molecule has 3 aliphatic rings. The predicted molar refractivity (Wildman–Crippen MR) is 113 cm³/mol. The minimum absolute atomic E-state index is 0.0670. The largest absolute Gasteiger partial charge is 0.445 e. The number of morpholine rings is 1. The molecule has 2 aliphatic heterocycles. The van der Waals surface area contributed by atoms with Crippen LogP contribution in [0.3, 0.4) is 0 Å². The standard InChI is InChI=1S/C25H25NO4/c27-24(20-10-18-8-4-5-9-19(18)11-20)21-12-22-15-29-16-23(13-21)26(22)25(28)30-14-17-6-2-1-3-7-17/h1-10,21-23H,11-16H2. The van der Waals surface area contributed by atoms with Gasteiger partial charge in [-0.15, -0.1) is 0 Å². The molecule has 2 heterocycles. The zero-order chi connectivity index (χ0) is 20.5. The molecule has 2 aromatic carbocycles. The highest BCUT2D eigenvalue weighted by Crippen LogP contribution is 2.36. The van der Waals surface area contributed by atoms with E-state index in [0.29, 0.717) is 32.5 Å². The highest BCUT2D eigenvalue weighted by atomic mass is 16.6. The van der Waals surface area contributed by atoms with Crippen molar-refractivity contribution in [3.63, 3.8) is 0 Å². The maximum Gasteiger partial charge on any atom is 0.410 e. The maximum atomic E-state index is 13.2. The predicted octanol–water partition coefficient (Wildman–Crippen LogP) is 4.01. The molecule has 5 rings (SSSR count). The number of Topliss-reactive ketones (excluding diaryl/α,β-unsaturated/α-hetero) is 1. The number of hydrogen-bond donors (Lipinski definition) is 0. The zero-order valence-corrected chi connectivity index (χ0v) is 16.8. The number of fused-ring (bicyclic) bond motifs is 3.